The molecule has 0 aliphatic carbocycles. The first-order chi connectivity index (χ1) is 12.5. The Morgan fingerprint density at radius 3 is 2.38 bits per heavy atom. The quantitative estimate of drug-likeness (QED) is 0.869. The van der Waals surface area contributed by atoms with E-state index in [0.717, 1.165) is 0 Å². The second-order valence-corrected chi connectivity index (χ2v) is 6.80. The van der Waals surface area contributed by atoms with E-state index < -0.39 is 0 Å². The molecular weight excluding hydrogens is 377 g/mol. The van der Waals surface area contributed by atoms with Crippen LogP contribution in [0.3, 0.4) is 0 Å². The fourth-order valence-corrected chi connectivity index (χ4v) is 3.42. The van der Waals surface area contributed by atoms with E-state index in [4.69, 9.17) is 23.2 Å². The molecule has 1 aliphatic heterocycles. The molecule has 1 aromatic heterocycles. The molecule has 136 valence electrons. The number of aromatic nitrogens is 1. The number of carbonyl (C=O) groups is 2. The fourth-order valence-electron chi connectivity index (χ4n) is 2.86. The number of carbonyl (C=O) groups excluding carboxylic acids is 2. The highest BCUT2D eigenvalue weighted by atomic mass is 35.5. The average Bonchev–Trinajstić information content (AvgIpc) is 2.61. The maximum Gasteiger partial charge on any atom is 0.259 e. The molecule has 0 radical (unpaired) electrons. The number of phenolic OH excluding ortho intramolecular Hbond substituents is 1. The summed E-state index contributed by atoms with van der Waals surface area (Å²) < 4.78 is 0. The molecule has 26 heavy (non-hydrogen) atoms. The molecule has 0 bridgehead atoms. The Morgan fingerprint density at radius 1 is 1.08 bits per heavy atom. The van der Waals surface area contributed by atoms with E-state index in [2.05, 4.69) is 4.98 Å². The summed E-state index contributed by atoms with van der Waals surface area (Å²) in [6.45, 7) is 1.57. The number of hydrogen-bond acceptors (Lipinski definition) is 4. The van der Waals surface area contributed by atoms with Crippen molar-refractivity contribution >= 4 is 35.0 Å². The van der Waals surface area contributed by atoms with E-state index in [9.17, 15) is 14.7 Å². The predicted molar refractivity (Wildman–Crippen MR) is 98.6 cm³/mol. The highest BCUT2D eigenvalue weighted by molar-refractivity contribution is 6.37. The van der Waals surface area contributed by atoms with E-state index in [1.54, 1.807) is 22.1 Å². The van der Waals surface area contributed by atoms with Crippen LogP contribution in [0.15, 0.2) is 36.5 Å². The molecule has 1 saturated heterocycles. The number of amides is 2. The first kappa shape index (κ1) is 18.5. The van der Waals surface area contributed by atoms with Gasteiger partial charge in [0.15, 0.2) is 0 Å². The zero-order chi connectivity index (χ0) is 18.7. The van der Waals surface area contributed by atoms with Crippen LogP contribution in [0.4, 0.5) is 0 Å². The Kier molecular flexibility index (Phi) is 5.64. The van der Waals surface area contributed by atoms with Gasteiger partial charge in [-0.3, -0.25) is 14.6 Å². The molecule has 1 aromatic carbocycles. The van der Waals surface area contributed by atoms with Gasteiger partial charge in [0.1, 0.15) is 5.75 Å². The zero-order valence-corrected chi connectivity index (χ0v) is 15.4. The minimum absolute atomic E-state index is 0.0248. The van der Waals surface area contributed by atoms with Gasteiger partial charge < -0.3 is 14.9 Å². The second kappa shape index (κ2) is 7.93. The number of rotatable bonds is 3. The molecule has 2 amide bonds. The smallest absolute Gasteiger partial charge is 0.259 e. The molecule has 3 rings (SSSR count). The number of pyridine rings is 1. The SMILES string of the molecule is O=C(Cc1ccccn1)N1CCN(C(=O)c2c(O)cc(Cl)cc2Cl)CC1. The van der Waals surface area contributed by atoms with Crippen LogP contribution in [-0.2, 0) is 11.2 Å². The van der Waals surface area contributed by atoms with Crippen molar-refractivity contribution in [2.75, 3.05) is 26.2 Å². The fraction of sp³-hybridized carbons (Fsp3) is 0.278. The van der Waals surface area contributed by atoms with Crippen molar-refractivity contribution in [1.82, 2.24) is 14.8 Å². The summed E-state index contributed by atoms with van der Waals surface area (Å²) in [5, 5.41) is 10.4. The normalized spacial score (nSPS) is 14.4. The second-order valence-electron chi connectivity index (χ2n) is 5.95. The summed E-state index contributed by atoms with van der Waals surface area (Å²) in [4.78, 5) is 32.4. The maximum atomic E-state index is 12.6. The molecule has 6 nitrogen and oxygen atoms in total. The van der Waals surface area contributed by atoms with Crippen LogP contribution < -0.4 is 0 Å². The zero-order valence-electron chi connectivity index (χ0n) is 13.9. The third-order valence-corrected chi connectivity index (χ3v) is 4.74. The first-order valence-electron chi connectivity index (χ1n) is 8.10. The Morgan fingerprint density at radius 2 is 1.77 bits per heavy atom. The molecule has 0 spiro atoms. The van der Waals surface area contributed by atoms with E-state index in [1.807, 2.05) is 12.1 Å². The van der Waals surface area contributed by atoms with Crippen molar-refractivity contribution in [2.45, 2.75) is 6.42 Å². The van der Waals surface area contributed by atoms with Gasteiger partial charge >= 0.3 is 0 Å². The van der Waals surface area contributed by atoms with E-state index >= 15 is 0 Å². The molecule has 1 aliphatic rings. The molecule has 0 atom stereocenters. The molecule has 0 saturated carbocycles. The van der Waals surface area contributed by atoms with E-state index in [-0.39, 0.29) is 39.6 Å². The lowest BCUT2D eigenvalue weighted by atomic mass is 10.1. The number of halogens is 2. The van der Waals surface area contributed by atoms with Gasteiger partial charge in [-0.25, -0.2) is 0 Å². The third kappa shape index (κ3) is 4.08. The van der Waals surface area contributed by atoms with Crippen LogP contribution in [0.1, 0.15) is 16.1 Å². The van der Waals surface area contributed by atoms with Crippen molar-refractivity contribution < 1.29 is 14.7 Å². The number of piperazine rings is 1. The molecule has 8 heteroatoms. The van der Waals surface area contributed by atoms with Gasteiger partial charge in [0.05, 0.1) is 17.0 Å². The van der Waals surface area contributed by atoms with Gasteiger partial charge in [-0.15, -0.1) is 0 Å². The Bertz CT molecular complexity index is 799. The number of hydrogen-bond donors (Lipinski definition) is 1. The molecular formula is C18H17Cl2N3O3. The van der Waals surface area contributed by atoms with Crippen LogP contribution >= 0.6 is 23.2 Å². The van der Waals surface area contributed by atoms with Gasteiger partial charge in [0.2, 0.25) is 5.91 Å². The highest BCUT2D eigenvalue weighted by Gasteiger charge is 2.28. The summed E-state index contributed by atoms with van der Waals surface area (Å²) in [6.07, 6.45) is 1.89. The third-order valence-electron chi connectivity index (χ3n) is 4.23. The number of aromatic hydroxyl groups is 1. The van der Waals surface area contributed by atoms with Crippen LogP contribution in [0.2, 0.25) is 10.0 Å². The van der Waals surface area contributed by atoms with Crippen LogP contribution in [0, 0.1) is 0 Å². The average molecular weight is 394 g/mol. The van der Waals surface area contributed by atoms with Crippen molar-refractivity contribution in [2.24, 2.45) is 0 Å². The number of phenols is 1. The summed E-state index contributed by atoms with van der Waals surface area (Å²) in [7, 11) is 0. The van der Waals surface area contributed by atoms with Crippen molar-refractivity contribution in [3.63, 3.8) is 0 Å². The molecule has 0 unspecified atom stereocenters. The largest absolute Gasteiger partial charge is 0.507 e. The van der Waals surface area contributed by atoms with Crippen LogP contribution in [0.25, 0.3) is 0 Å². The minimum atomic E-state index is -0.374. The standard InChI is InChI=1S/C18H17Cl2N3O3/c19-12-9-14(20)17(15(24)10-12)18(26)23-7-5-22(6-8-23)16(25)11-13-3-1-2-4-21-13/h1-4,9-10,24H,5-8,11H2. The lowest BCUT2D eigenvalue weighted by molar-refractivity contribution is -0.132. The molecule has 2 heterocycles. The lowest BCUT2D eigenvalue weighted by Gasteiger charge is -2.35. The van der Waals surface area contributed by atoms with Crippen molar-refractivity contribution in [1.29, 1.82) is 0 Å². The highest BCUT2D eigenvalue weighted by Crippen LogP contribution is 2.31. The minimum Gasteiger partial charge on any atom is -0.507 e. The van der Waals surface area contributed by atoms with Gasteiger partial charge in [0.25, 0.3) is 5.91 Å². The van der Waals surface area contributed by atoms with E-state index in [1.165, 1.54) is 12.1 Å². The van der Waals surface area contributed by atoms with Crippen molar-refractivity contribution in [3.8, 4) is 5.75 Å². The van der Waals surface area contributed by atoms with Gasteiger partial charge in [-0.05, 0) is 24.3 Å². The van der Waals surface area contributed by atoms with Crippen LogP contribution in [-0.4, -0.2) is 57.9 Å². The predicted octanol–water partition coefficient (Wildman–Crippen LogP) is 2.62. The Balaban J connectivity index is 1.62. The first-order valence-corrected chi connectivity index (χ1v) is 8.86. The van der Waals surface area contributed by atoms with Gasteiger partial charge in [-0.1, -0.05) is 29.3 Å². The number of benzene rings is 1. The van der Waals surface area contributed by atoms with Gasteiger partial charge in [0, 0.05) is 43.1 Å². The summed E-state index contributed by atoms with van der Waals surface area (Å²) in [6, 6.07) is 8.16. The Labute approximate surface area is 161 Å². The maximum absolute atomic E-state index is 12.6. The Hall–Kier alpha value is -2.31. The summed E-state index contributed by atoms with van der Waals surface area (Å²) in [5.41, 5.74) is 0.748. The molecule has 2 aromatic rings. The van der Waals surface area contributed by atoms with Gasteiger partial charge in [-0.2, -0.15) is 0 Å². The summed E-state index contributed by atoms with van der Waals surface area (Å²) in [5.74, 6) is -0.648. The molecule has 1 fully saturated rings. The summed E-state index contributed by atoms with van der Waals surface area (Å²) >= 11 is 11.9. The van der Waals surface area contributed by atoms with Crippen LogP contribution in [0.5, 0.6) is 5.75 Å². The molecule has 1 N–H and O–H groups in total. The van der Waals surface area contributed by atoms with E-state index in [0.29, 0.717) is 31.9 Å². The topological polar surface area (TPSA) is 73.7 Å². The van der Waals surface area contributed by atoms with Crippen molar-refractivity contribution in [3.05, 3.63) is 57.8 Å². The monoisotopic (exact) mass is 393 g/mol. The number of nitrogens with zero attached hydrogens (tertiary/aromatic N) is 3. The lowest BCUT2D eigenvalue weighted by Crippen LogP contribution is -2.51.